The average Bonchev–Trinajstić information content (AvgIpc) is 2.76. The van der Waals surface area contributed by atoms with E-state index in [9.17, 15) is 4.79 Å². The van der Waals surface area contributed by atoms with Crippen molar-refractivity contribution in [2.45, 2.75) is 32.4 Å². The molecule has 1 aromatic heterocycles. The second-order valence-electron chi connectivity index (χ2n) is 4.52. The molecule has 0 saturated carbocycles. The van der Waals surface area contributed by atoms with E-state index in [1.165, 1.54) is 0 Å². The van der Waals surface area contributed by atoms with E-state index in [0.717, 1.165) is 23.4 Å². The summed E-state index contributed by atoms with van der Waals surface area (Å²) in [4.78, 5) is 11.9. The summed E-state index contributed by atoms with van der Waals surface area (Å²) in [6.07, 6.45) is 3.47. The van der Waals surface area contributed by atoms with Gasteiger partial charge >= 0.3 is 0 Å². The first-order valence-electron chi connectivity index (χ1n) is 6.66. The van der Waals surface area contributed by atoms with Gasteiger partial charge in [-0.2, -0.15) is 16.9 Å². The van der Waals surface area contributed by atoms with Crippen LogP contribution in [0.2, 0.25) is 0 Å². The van der Waals surface area contributed by atoms with Crippen molar-refractivity contribution in [1.29, 1.82) is 0 Å². The molecular formula is C13H25ClN4O2S. The number of nitrogens with zero attached hydrogens (tertiary/aromatic N) is 2. The van der Waals surface area contributed by atoms with Crippen LogP contribution >= 0.6 is 24.2 Å². The summed E-state index contributed by atoms with van der Waals surface area (Å²) in [6.45, 7) is 2.42. The zero-order chi connectivity index (χ0) is 15.1. The van der Waals surface area contributed by atoms with Crippen LogP contribution in [0.1, 0.15) is 24.6 Å². The molecule has 0 aromatic carbocycles. The third kappa shape index (κ3) is 5.41. The molecule has 0 radical (unpaired) electrons. The van der Waals surface area contributed by atoms with Crippen molar-refractivity contribution in [2.24, 2.45) is 12.8 Å². The van der Waals surface area contributed by atoms with E-state index in [4.69, 9.17) is 10.5 Å². The minimum absolute atomic E-state index is 0. The van der Waals surface area contributed by atoms with Gasteiger partial charge in [0.15, 0.2) is 0 Å². The van der Waals surface area contributed by atoms with Gasteiger partial charge in [-0.15, -0.1) is 12.4 Å². The van der Waals surface area contributed by atoms with Gasteiger partial charge in [0.2, 0.25) is 11.8 Å². The number of nitrogens with two attached hydrogens (primary N) is 1. The average molecular weight is 337 g/mol. The van der Waals surface area contributed by atoms with E-state index in [1.807, 2.05) is 20.2 Å². The Kier molecular flexibility index (Phi) is 9.48. The molecule has 0 aliphatic carbocycles. The molecule has 0 aliphatic heterocycles. The third-order valence-electron chi connectivity index (χ3n) is 3.11. The predicted octanol–water partition coefficient (Wildman–Crippen LogP) is 1.11. The number of aromatic nitrogens is 2. The lowest BCUT2D eigenvalue weighted by atomic mass is 10.2. The monoisotopic (exact) mass is 336 g/mol. The van der Waals surface area contributed by atoms with Crippen molar-refractivity contribution in [1.82, 2.24) is 15.1 Å². The summed E-state index contributed by atoms with van der Waals surface area (Å²) in [5.74, 6) is 1.43. The van der Waals surface area contributed by atoms with Crippen molar-refractivity contribution in [2.75, 3.05) is 19.1 Å². The lowest BCUT2D eigenvalue weighted by molar-refractivity contribution is -0.122. The first kappa shape index (κ1) is 20.1. The molecule has 0 spiro atoms. The van der Waals surface area contributed by atoms with Gasteiger partial charge in [-0.3, -0.25) is 4.79 Å². The number of rotatable bonds is 8. The zero-order valence-electron chi connectivity index (χ0n) is 13.0. The summed E-state index contributed by atoms with van der Waals surface area (Å²) in [5, 5.41) is 7.24. The number of hydrogen-bond acceptors (Lipinski definition) is 5. The normalized spacial score (nSPS) is 11.7. The SMILES string of the molecule is CCc1nn(C)c(OC)c1CNC(=O)C(N)CCSC.Cl. The number of halogens is 1. The molecule has 1 atom stereocenters. The largest absolute Gasteiger partial charge is 0.481 e. The topological polar surface area (TPSA) is 82.2 Å². The number of carbonyl (C=O) groups excluding carboxylic acids is 1. The second-order valence-corrected chi connectivity index (χ2v) is 5.50. The Labute approximate surface area is 136 Å². The fourth-order valence-electron chi connectivity index (χ4n) is 2.01. The zero-order valence-corrected chi connectivity index (χ0v) is 14.6. The van der Waals surface area contributed by atoms with Crippen LogP contribution in [-0.4, -0.2) is 40.8 Å². The molecule has 8 heteroatoms. The van der Waals surface area contributed by atoms with Gasteiger partial charge in [-0.05, 0) is 24.9 Å². The number of thioether (sulfide) groups is 1. The van der Waals surface area contributed by atoms with Crippen molar-refractivity contribution in [3.63, 3.8) is 0 Å². The highest BCUT2D eigenvalue weighted by atomic mass is 35.5. The van der Waals surface area contributed by atoms with Gasteiger partial charge in [0.1, 0.15) is 0 Å². The van der Waals surface area contributed by atoms with Gasteiger partial charge in [0.05, 0.1) is 31.0 Å². The molecular weight excluding hydrogens is 312 g/mol. The van der Waals surface area contributed by atoms with Crippen LogP contribution in [0.3, 0.4) is 0 Å². The number of ether oxygens (including phenoxy) is 1. The van der Waals surface area contributed by atoms with Crippen molar-refractivity contribution < 1.29 is 9.53 Å². The van der Waals surface area contributed by atoms with Crippen LogP contribution in [0, 0.1) is 0 Å². The van der Waals surface area contributed by atoms with E-state index in [0.29, 0.717) is 18.8 Å². The van der Waals surface area contributed by atoms with Crippen LogP contribution < -0.4 is 15.8 Å². The maximum Gasteiger partial charge on any atom is 0.237 e. The first-order chi connectivity index (χ1) is 9.54. The molecule has 1 rings (SSSR count). The minimum atomic E-state index is -0.463. The maximum absolute atomic E-state index is 11.9. The van der Waals surface area contributed by atoms with Gasteiger partial charge in [-0.25, -0.2) is 4.68 Å². The summed E-state index contributed by atoms with van der Waals surface area (Å²) in [6, 6.07) is -0.463. The van der Waals surface area contributed by atoms with Crippen molar-refractivity contribution in [3.05, 3.63) is 11.3 Å². The summed E-state index contributed by atoms with van der Waals surface area (Å²) in [7, 11) is 3.43. The number of nitrogens with one attached hydrogen (secondary N) is 1. The molecule has 1 aromatic rings. The van der Waals surface area contributed by atoms with Crippen LogP contribution in [0.5, 0.6) is 5.88 Å². The van der Waals surface area contributed by atoms with E-state index in [1.54, 1.807) is 23.6 Å². The standard InChI is InChI=1S/C13H24N4O2S.ClH/c1-5-11-9(13(19-3)17(2)16-11)8-15-12(18)10(14)6-7-20-4;/h10H,5-8,14H2,1-4H3,(H,15,18);1H. The highest BCUT2D eigenvalue weighted by Gasteiger charge is 2.18. The highest BCUT2D eigenvalue weighted by molar-refractivity contribution is 7.98. The van der Waals surface area contributed by atoms with Crippen LogP contribution in [0.15, 0.2) is 0 Å². The lowest BCUT2D eigenvalue weighted by Crippen LogP contribution is -2.40. The molecule has 1 unspecified atom stereocenters. The molecule has 21 heavy (non-hydrogen) atoms. The van der Waals surface area contributed by atoms with Crippen molar-refractivity contribution >= 4 is 30.1 Å². The van der Waals surface area contributed by atoms with Crippen LogP contribution in [-0.2, 0) is 24.8 Å². The van der Waals surface area contributed by atoms with E-state index >= 15 is 0 Å². The number of hydrogen-bond donors (Lipinski definition) is 2. The van der Waals surface area contributed by atoms with E-state index in [2.05, 4.69) is 10.4 Å². The number of methoxy groups -OCH3 is 1. The first-order valence-corrected chi connectivity index (χ1v) is 8.05. The summed E-state index contributed by atoms with van der Waals surface area (Å²) in [5.41, 5.74) is 7.69. The number of amides is 1. The molecule has 0 bridgehead atoms. The maximum atomic E-state index is 11.9. The molecule has 6 nitrogen and oxygen atoms in total. The third-order valence-corrected chi connectivity index (χ3v) is 3.75. The van der Waals surface area contributed by atoms with Gasteiger partial charge in [0.25, 0.3) is 0 Å². The van der Waals surface area contributed by atoms with Gasteiger partial charge in [0, 0.05) is 7.05 Å². The number of carbonyl (C=O) groups is 1. The molecule has 0 aliphatic rings. The van der Waals surface area contributed by atoms with Crippen molar-refractivity contribution in [3.8, 4) is 5.88 Å². The Morgan fingerprint density at radius 2 is 2.24 bits per heavy atom. The molecule has 1 heterocycles. The Morgan fingerprint density at radius 3 is 2.76 bits per heavy atom. The predicted molar refractivity (Wildman–Crippen MR) is 89.2 cm³/mol. The van der Waals surface area contributed by atoms with E-state index in [-0.39, 0.29) is 18.3 Å². The smallest absolute Gasteiger partial charge is 0.237 e. The fourth-order valence-corrected chi connectivity index (χ4v) is 2.49. The number of aryl methyl sites for hydroxylation is 2. The summed E-state index contributed by atoms with van der Waals surface area (Å²) < 4.78 is 7.02. The van der Waals surface area contributed by atoms with Gasteiger partial charge < -0.3 is 15.8 Å². The van der Waals surface area contributed by atoms with Crippen LogP contribution in [0.25, 0.3) is 0 Å². The van der Waals surface area contributed by atoms with Crippen LogP contribution in [0.4, 0.5) is 0 Å². The fraction of sp³-hybridized carbons (Fsp3) is 0.692. The van der Waals surface area contributed by atoms with E-state index < -0.39 is 6.04 Å². The molecule has 122 valence electrons. The second kappa shape index (κ2) is 9.92. The molecule has 0 fully saturated rings. The highest BCUT2D eigenvalue weighted by Crippen LogP contribution is 2.21. The Hall–Kier alpha value is -0.920. The Morgan fingerprint density at radius 1 is 1.57 bits per heavy atom. The van der Waals surface area contributed by atoms with Gasteiger partial charge in [-0.1, -0.05) is 6.92 Å². The molecule has 1 amide bonds. The Balaban J connectivity index is 0.00000400. The summed E-state index contributed by atoms with van der Waals surface area (Å²) >= 11 is 1.68. The minimum Gasteiger partial charge on any atom is -0.481 e. The molecule has 3 N–H and O–H groups in total. The lowest BCUT2D eigenvalue weighted by Gasteiger charge is -2.12. The Bertz CT molecular complexity index is 454. The quantitative estimate of drug-likeness (QED) is 0.743. The molecule has 0 saturated heterocycles.